The van der Waals surface area contributed by atoms with Gasteiger partial charge in [0, 0.05) is 14.2 Å². The van der Waals surface area contributed by atoms with Crippen LogP contribution in [0.3, 0.4) is 0 Å². The third-order valence-electron chi connectivity index (χ3n) is 3.58. The van der Waals surface area contributed by atoms with Gasteiger partial charge in [-0.3, -0.25) is 13.6 Å². The Morgan fingerprint density at radius 1 is 1.20 bits per heavy atom. The van der Waals surface area contributed by atoms with Gasteiger partial charge in [-0.2, -0.15) is 0 Å². The van der Waals surface area contributed by atoms with Crippen LogP contribution in [0.25, 0.3) is 0 Å². The van der Waals surface area contributed by atoms with Gasteiger partial charge in [-0.25, -0.2) is 4.57 Å². The van der Waals surface area contributed by atoms with Gasteiger partial charge >= 0.3 is 7.82 Å². The van der Waals surface area contributed by atoms with Crippen molar-refractivity contribution in [3.8, 4) is 0 Å². The van der Waals surface area contributed by atoms with E-state index in [1.54, 1.807) is 0 Å². The first-order valence-electron chi connectivity index (χ1n) is 6.63. The normalized spacial score (nSPS) is 14.7. The number of phosphoric acid groups is 1. The molecular weight excluding hydrogens is 295 g/mol. The summed E-state index contributed by atoms with van der Waals surface area (Å²) in [4.78, 5) is 0. The standard InChI is InChI=1S/C13H29O5PSi/c1-12(9-10-17-19(14,15-5)16-6)11-18-20(7,8)13(2,3)4/h9H,10-11H2,1-8H3/b12-9-. The molecule has 0 aliphatic heterocycles. The summed E-state index contributed by atoms with van der Waals surface area (Å²) in [6.45, 7) is 13.7. The van der Waals surface area contributed by atoms with E-state index in [0.29, 0.717) is 6.61 Å². The highest BCUT2D eigenvalue weighted by molar-refractivity contribution is 7.48. The van der Waals surface area contributed by atoms with Gasteiger partial charge < -0.3 is 4.43 Å². The lowest BCUT2D eigenvalue weighted by Crippen LogP contribution is -2.41. The fraction of sp³-hybridized carbons (Fsp3) is 0.846. The Bertz CT molecular complexity index is 365. The number of hydrogen-bond acceptors (Lipinski definition) is 5. The Kier molecular flexibility index (Phi) is 7.88. The molecule has 0 fully saturated rings. The lowest BCUT2D eigenvalue weighted by molar-refractivity contribution is 0.164. The van der Waals surface area contributed by atoms with Gasteiger partial charge in [-0.1, -0.05) is 32.4 Å². The summed E-state index contributed by atoms with van der Waals surface area (Å²) >= 11 is 0. The zero-order valence-corrected chi connectivity index (χ0v) is 15.9. The summed E-state index contributed by atoms with van der Waals surface area (Å²) in [5, 5.41) is 0.186. The lowest BCUT2D eigenvalue weighted by atomic mass is 10.2. The summed E-state index contributed by atoms with van der Waals surface area (Å²) < 4.78 is 32.2. The number of rotatable bonds is 8. The molecule has 0 aliphatic carbocycles. The van der Waals surface area contributed by atoms with E-state index in [2.05, 4.69) is 42.9 Å². The maximum Gasteiger partial charge on any atom is 0.474 e. The number of hydrogen-bond donors (Lipinski definition) is 0. The molecule has 5 nitrogen and oxygen atoms in total. The fourth-order valence-electron chi connectivity index (χ4n) is 1.02. The van der Waals surface area contributed by atoms with Crippen molar-refractivity contribution in [1.82, 2.24) is 0 Å². The van der Waals surface area contributed by atoms with Crippen LogP contribution in [-0.2, 0) is 22.6 Å². The van der Waals surface area contributed by atoms with Crippen LogP contribution in [0.2, 0.25) is 18.1 Å². The molecule has 0 amide bonds. The maximum atomic E-state index is 11.7. The quantitative estimate of drug-likeness (QED) is 0.377. The first-order chi connectivity index (χ1) is 8.97. The van der Waals surface area contributed by atoms with Gasteiger partial charge in [0.1, 0.15) is 0 Å². The average molecular weight is 324 g/mol. The van der Waals surface area contributed by atoms with Crippen LogP contribution < -0.4 is 0 Å². The topological polar surface area (TPSA) is 54.0 Å². The summed E-state index contributed by atoms with van der Waals surface area (Å²) in [6.07, 6.45) is 1.83. The smallest absolute Gasteiger partial charge is 0.413 e. The minimum absolute atomic E-state index is 0.172. The first-order valence-corrected chi connectivity index (χ1v) is 11.0. The molecule has 0 radical (unpaired) electrons. The zero-order chi connectivity index (χ0) is 16.0. The third-order valence-corrected chi connectivity index (χ3v) is 9.42. The van der Waals surface area contributed by atoms with Crippen LogP contribution in [0.4, 0.5) is 0 Å². The van der Waals surface area contributed by atoms with Crippen LogP contribution in [0.5, 0.6) is 0 Å². The second-order valence-corrected chi connectivity index (χ2v) is 12.9. The molecule has 0 aliphatic rings. The molecule has 0 saturated carbocycles. The molecule has 120 valence electrons. The molecule has 0 heterocycles. The summed E-state index contributed by atoms with van der Waals surface area (Å²) in [7, 11) is -2.55. The zero-order valence-electron chi connectivity index (χ0n) is 14.0. The van der Waals surface area contributed by atoms with Crippen molar-refractivity contribution < 1.29 is 22.6 Å². The van der Waals surface area contributed by atoms with Gasteiger partial charge in [-0.15, -0.1) is 0 Å². The highest BCUT2D eigenvalue weighted by Crippen LogP contribution is 2.47. The van der Waals surface area contributed by atoms with Gasteiger partial charge in [0.15, 0.2) is 8.32 Å². The van der Waals surface area contributed by atoms with E-state index in [1.165, 1.54) is 14.2 Å². The van der Waals surface area contributed by atoms with Crippen LogP contribution in [0.1, 0.15) is 27.7 Å². The van der Waals surface area contributed by atoms with E-state index in [0.717, 1.165) is 5.57 Å². The monoisotopic (exact) mass is 324 g/mol. The van der Waals surface area contributed by atoms with E-state index in [-0.39, 0.29) is 11.6 Å². The molecule has 0 aromatic rings. The Morgan fingerprint density at radius 2 is 1.70 bits per heavy atom. The van der Waals surface area contributed by atoms with Crippen molar-refractivity contribution in [3.05, 3.63) is 11.6 Å². The molecule has 0 saturated heterocycles. The van der Waals surface area contributed by atoms with E-state index in [4.69, 9.17) is 8.95 Å². The predicted molar refractivity (Wildman–Crippen MR) is 84.5 cm³/mol. The van der Waals surface area contributed by atoms with Crippen LogP contribution >= 0.6 is 7.82 Å². The van der Waals surface area contributed by atoms with Crippen LogP contribution in [0.15, 0.2) is 11.6 Å². The van der Waals surface area contributed by atoms with Crippen molar-refractivity contribution in [3.63, 3.8) is 0 Å². The van der Waals surface area contributed by atoms with Gasteiger partial charge in [-0.05, 0) is 25.1 Å². The molecule has 0 spiro atoms. The average Bonchev–Trinajstić information content (AvgIpc) is 2.35. The van der Waals surface area contributed by atoms with Crippen LogP contribution in [0, 0.1) is 0 Å². The first kappa shape index (κ1) is 20.0. The molecule has 0 aromatic heterocycles. The SMILES string of the molecule is COP(=O)(OC)OC/C=C(/C)CO[Si](C)(C)C(C)(C)C. The maximum absolute atomic E-state index is 11.7. The molecule has 0 N–H and O–H groups in total. The molecule has 7 heteroatoms. The van der Waals surface area contributed by atoms with Crippen molar-refractivity contribution in [1.29, 1.82) is 0 Å². The van der Waals surface area contributed by atoms with Gasteiger partial charge in [0.05, 0.1) is 13.2 Å². The Morgan fingerprint density at radius 3 is 2.10 bits per heavy atom. The van der Waals surface area contributed by atoms with Crippen molar-refractivity contribution >= 4 is 16.1 Å². The van der Waals surface area contributed by atoms with Crippen molar-refractivity contribution in [2.24, 2.45) is 0 Å². The molecule has 0 bridgehead atoms. The van der Waals surface area contributed by atoms with Crippen molar-refractivity contribution in [2.75, 3.05) is 27.4 Å². The summed E-state index contributed by atoms with van der Waals surface area (Å²) in [5.74, 6) is 0. The minimum Gasteiger partial charge on any atom is -0.413 e. The predicted octanol–water partition coefficient (Wildman–Crippen LogP) is 4.37. The van der Waals surface area contributed by atoms with Crippen LogP contribution in [-0.4, -0.2) is 35.8 Å². The highest BCUT2D eigenvalue weighted by atomic mass is 31.2. The van der Waals surface area contributed by atoms with Gasteiger partial charge in [0.25, 0.3) is 0 Å². The third kappa shape index (κ3) is 6.65. The van der Waals surface area contributed by atoms with Gasteiger partial charge in [0.2, 0.25) is 0 Å². The highest BCUT2D eigenvalue weighted by Gasteiger charge is 2.36. The van der Waals surface area contributed by atoms with E-state index >= 15 is 0 Å². The van der Waals surface area contributed by atoms with Crippen molar-refractivity contribution in [2.45, 2.75) is 45.8 Å². The molecule has 0 aromatic carbocycles. The second kappa shape index (κ2) is 7.87. The Labute approximate surface area is 124 Å². The lowest BCUT2D eigenvalue weighted by Gasteiger charge is -2.36. The Hall–Kier alpha value is 0.0269. The summed E-state index contributed by atoms with van der Waals surface area (Å²) in [5.41, 5.74) is 1.04. The second-order valence-electron chi connectivity index (χ2n) is 6.21. The molecular formula is C13H29O5PSi. The largest absolute Gasteiger partial charge is 0.474 e. The molecule has 20 heavy (non-hydrogen) atoms. The minimum atomic E-state index is -3.39. The fourth-order valence-corrected chi connectivity index (χ4v) is 2.66. The summed E-state index contributed by atoms with van der Waals surface area (Å²) in [6, 6.07) is 0. The molecule has 0 atom stereocenters. The Balaban J connectivity index is 4.33. The molecule has 0 unspecified atom stereocenters. The molecule has 0 rings (SSSR count). The van der Waals surface area contributed by atoms with E-state index in [1.807, 2.05) is 13.0 Å². The van der Waals surface area contributed by atoms with E-state index < -0.39 is 16.1 Å². The van der Waals surface area contributed by atoms with E-state index in [9.17, 15) is 4.57 Å². The number of phosphoric ester groups is 1.